The Balaban J connectivity index is 1.64. The average Bonchev–Trinajstić information content (AvgIpc) is 3.33. The zero-order valence-corrected chi connectivity index (χ0v) is 20.4. The summed E-state index contributed by atoms with van der Waals surface area (Å²) >= 11 is 0. The number of anilines is 2. The minimum atomic E-state index is -0.681. The Morgan fingerprint density at radius 3 is 2.37 bits per heavy atom. The van der Waals surface area contributed by atoms with Crippen molar-refractivity contribution in [2.75, 3.05) is 11.4 Å². The molecule has 4 rings (SSSR count). The Labute approximate surface area is 206 Å². The molecular weight excluding hydrogens is 442 g/mol. The van der Waals surface area contributed by atoms with Crippen LogP contribution in [0.1, 0.15) is 50.8 Å². The van der Waals surface area contributed by atoms with E-state index in [1.165, 1.54) is 4.90 Å². The lowest BCUT2D eigenvalue weighted by Crippen LogP contribution is -2.36. The smallest absolute Gasteiger partial charge is 0.420 e. The van der Waals surface area contributed by atoms with Crippen LogP contribution in [0.25, 0.3) is 0 Å². The SMILES string of the molecule is CC(C)(C)OC(=O)N(c1ccccc1)c1ncccc1[C@H]1CCCN1C(=O)OCc1ccccc1. The average molecular weight is 474 g/mol. The minimum Gasteiger partial charge on any atom is -0.445 e. The summed E-state index contributed by atoms with van der Waals surface area (Å²) in [5.74, 6) is 0.445. The molecule has 35 heavy (non-hydrogen) atoms. The Bertz CT molecular complexity index is 1150. The van der Waals surface area contributed by atoms with E-state index < -0.39 is 11.7 Å². The first-order chi connectivity index (χ1) is 16.8. The molecule has 7 nitrogen and oxygen atoms in total. The van der Waals surface area contributed by atoms with Gasteiger partial charge in [-0.3, -0.25) is 0 Å². The quantitative estimate of drug-likeness (QED) is 0.416. The maximum Gasteiger partial charge on any atom is 0.420 e. The predicted octanol–water partition coefficient (Wildman–Crippen LogP) is 6.63. The van der Waals surface area contributed by atoms with E-state index in [0.717, 1.165) is 24.0 Å². The second-order valence-electron chi connectivity index (χ2n) is 9.46. The lowest BCUT2D eigenvalue weighted by Gasteiger charge is -2.31. The summed E-state index contributed by atoms with van der Waals surface area (Å²) in [6.45, 7) is 6.26. The molecule has 0 spiro atoms. The number of pyridine rings is 1. The van der Waals surface area contributed by atoms with Crippen LogP contribution in [0, 0.1) is 0 Å². The number of ether oxygens (including phenoxy) is 2. The fourth-order valence-electron chi connectivity index (χ4n) is 4.17. The lowest BCUT2D eigenvalue weighted by atomic mass is 10.0. The van der Waals surface area contributed by atoms with Crippen molar-refractivity contribution in [3.05, 3.63) is 90.1 Å². The number of carbonyl (C=O) groups excluding carboxylic acids is 2. The standard InChI is InChI=1S/C28H31N3O4/c1-28(2,3)35-27(33)31(22-14-8-5-9-15-22)25-23(16-10-18-29-25)24-17-11-19-30(24)26(32)34-20-21-12-6-4-7-13-21/h4-10,12-16,18,24H,11,17,19-20H2,1-3H3/t24-/m1/s1. The molecule has 1 atom stereocenters. The van der Waals surface area contributed by atoms with Crippen molar-refractivity contribution in [3.8, 4) is 0 Å². The number of carbonyl (C=O) groups is 2. The monoisotopic (exact) mass is 473 g/mol. The number of para-hydroxylation sites is 1. The minimum absolute atomic E-state index is 0.205. The van der Waals surface area contributed by atoms with Crippen LogP contribution in [0.2, 0.25) is 0 Å². The van der Waals surface area contributed by atoms with Crippen molar-refractivity contribution in [2.24, 2.45) is 0 Å². The number of amides is 2. The fraction of sp³-hybridized carbons (Fsp3) is 0.321. The summed E-state index contributed by atoms with van der Waals surface area (Å²) in [5.41, 5.74) is 1.66. The van der Waals surface area contributed by atoms with E-state index >= 15 is 0 Å². The van der Waals surface area contributed by atoms with Crippen LogP contribution in [0.5, 0.6) is 0 Å². The molecule has 7 heteroatoms. The first-order valence-electron chi connectivity index (χ1n) is 11.8. The van der Waals surface area contributed by atoms with Gasteiger partial charge in [-0.25, -0.2) is 19.5 Å². The highest BCUT2D eigenvalue weighted by Gasteiger charge is 2.36. The van der Waals surface area contributed by atoms with E-state index in [0.29, 0.717) is 18.1 Å². The largest absolute Gasteiger partial charge is 0.445 e. The van der Waals surface area contributed by atoms with Crippen molar-refractivity contribution in [1.29, 1.82) is 0 Å². The third-order valence-electron chi connectivity index (χ3n) is 5.67. The Morgan fingerprint density at radius 2 is 1.69 bits per heavy atom. The van der Waals surface area contributed by atoms with E-state index in [1.54, 1.807) is 11.1 Å². The second-order valence-corrected chi connectivity index (χ2v) is 9.46. The summed E-state index contributed by atoms with van der Waals surface area (Å²) in [6, 6.07) is 22.3. The summed E-state index contributed by atoms with van der Waals surface area (Å²) in [4.78, 5) is 34.2. The maximum absolute atomic E-state index is 13.4. The van der Waals surface area contributed by atoms with Crippen LogP contribution in [-0.2, 0) is 16.1 Å². The Kier molecular flexibility index (Phi) is 7.34. The Morgan fingerprint density at radius 1 is 1.00 bits per heavy atom. The van der Waals surface area contributed by atoms with Crippen LogP contribution < -0.4 is 4.90 Å². The molecule has 0 radical (unpaired) electrons. The fourth-order valence-corrected chi connectivity index (χ4v) is 4.17. The number of nitrogens with zero attached hydrogens (tertiary/aromatic N) is 3. The van der Waals surface area contributed by atoms with Crippen molar-refractivity contribution in [1.82, 2.24) is 9.88 Å². The molecule has 0 saturated carbocycles. The van der Waals surface area contributed by atoms with Crippen LogP contribution in [0.15, 0.2) is 79.0 Å². The van der Waals surface area contributed by atoms with Crippen LogP contribution in [0.4, 0.5) is 21.1 Å². The highest BCUT2D eigenvalue weighted by atomic mass is 16.6. The van der Waals surface area contributed by atoms with Crippen molar-refractivity contribution >= 4 is 23.7 Å². The highest BCUT2D eigenvalue weighted by Crippen LogP contribution is 2.39. The summed E-state index contributed by atoms with van der Waals surface area (Å²) in [5, 5.41) is 0. The highest BCUT2D eigenvalue weighted by molar-refractivity contribution is 5.96. The molecule has 1 saturated heterocycles. The predicted molar refractivity (Wildman–Crippen MR) is 134 cm³/mol. The lowest BCUT2D eigenvalue weighted by molar-refractivity contribution is 0.0597. The molecule has 1 aromatic heterocycles. The number of hydrogen-bond donors (Lipinski definition) is 0. The zero-order valence-electron chi connectivity index (χ0n) is 20.4. The molecule has 182 valence electrons. The van der Waals surface area contributed by atoms with E-state index in [4.69, 9.17) is 9.47 Å². The van der Waals surface area contributed by atoms with E-state index in [9.17, 15) is 9.59 Å². The Hall–Kier alpha value is -3.87. The first kappa shape index (κ1) is 24.3. The number of rotatable bonds is 5. The van der Waals surface area contributed by atoms with Gasteiger partial charge in [0.1, 0.15) is 18.0 Å². The normalized spacial score (nSPS) is 15.5. The van der Waals surface area contributed by atoms with Crippen LogP contribution in [-0.4, -0.2) is 34.2 Å². The van der Waals surface area contributed by atoms with Gasteiger partial charge in [-0.2, -0.15) is 0 Å². The van der Waals surface area contributed by atoms with Gasteiger partial charge in [0.05, 0.1) is 11.7 Å². The van der Waals surface area contributed by atoms with E-state index in [-0.39, 0.29) is 18.7 Å². The van der Waals surface area contributed by atoms with Gasteiger partial charge in [0.2, 0.25) is 0 Å². The first-order valence-corrected chi connectivity index (χ1v) is 11.8. The van der Waals surface area contributed by atoms with Gasteiger partial charge in [-0.1, -0.05) is 54.6 Å². The molecule has 2 amide bonds. The molecule has 1 aliphatic heterocycles. The topological polar surface area (TPSA) is 72.0 Å². The number of benzene rings is 2. The van der Waals surface area contributed by atoms with Crippen LogP contribution in [0.3, 0.4) is 0 Å². The van der Waals surface area contributed by atoms with Crippen molar-refractivity contribution in [2.45, 2.75) is 51.9 Å². The molecule has 2 heterocycles. The van der Waals surface area contributed by atoms with Gasteiger partial charge < -0.3 is 14.4 Å². The number of likely N-dealkylation sites (tertiary alicyclic amines) is 1. The molecule has 1 aliphatic rings. The molecular formula is C28H31N3O4. The molecule has 0 unspecified atom stereocenters. The zero-order chi connectivity index (χ0) is 24.8. The van der Waals surface area contributed by atoms with Gasteiger partial charge in [0, 0.05) is 18.3 Å². The molecule has 0 bridgehead atoms. The third-order valence-corrected chi connectivity index (χ3v) is 5.67. The van der Waals surface area contributed by atoms with Crippen molar-refractivity contribution in [3.63, 3.8) is 0 Å². The summed E-state index contributed by atoms with van der Waals surface area (Å²) in [6.07, 6.45) is 2.31. The second kappa shape index (κ2) is 10.6. The van der Waals surface area contributed by atoms with Gasteiger partial charge in [-0.05, 0) is 57.4 Å². The van der Waals surface area contributed by atoms with Crippen molar-refractivity contribution < 1.29 is 19.1 Å². The van der Waals surface area contributed by atoms with Gasteiger partial charge in [-0.15, -0.1) is 0 Å². The van der Waals surface area contributed by atoms with E-state index in [2.05, 4.69) is 4.98 Å². The number of hydrogen-bond acceptors (Lipinski definition) is 5. The third kappa shape index (κ3) is 5.98. The molecule has 0 aliphatic carbocycles. The maximum atomic E-state index is 13.4. The summed E-state index contributed by atoms with van der Waals surface area (Å²) in [7, 11) is 0. The molecule has 0 N–H and O–H groups in total. The van der Waals surface area contributed by atoms with Crippen LogP contribution >= 0.6 is 0 Å². The summed E-state index contributed by atoms with van der Waals surface area (Å²) < 4.78 is 11.4. The van der Waals surface area contributed by atoms with E-state index in [1.807, 2.05) is 93.6 Å². The van der Waals surface area contributed by atoms with Gasteiger partial charge >= 0.3 is 12.2 Å². The molecule has 1 fully saturated rings. The van der Waals surface area contributed by atoms with Gasteiger partial charge in [0.15, 0.2) is 0 Å². The van der Waals surface area contributed by atoms with Gasteiger partial charge in [0.25, 0.3) is 0 Å². The molecule has 2 aromatic carbocycles. The molecule has 3 aromatic rings. The number of aromatic nitrogens is 1.